The molecule has 0 aliphatic heterocycles. The highest BCUT2D eigenvalue weighted by molar-refractivity contribution is 6.42. The summed E-state index contributed by atoms with van der Waals surface area (Å²) in [6, 6.07) is 14.7. The van der Waals surface area contributed by atoms with Crippen molar-refractivity contribution < 1.29 is 4.74 Å². The number of nitrogens with zero attached hydrogens (tertiary/aromatic N) is 1. The van der Waals surface area contributed by atoms with Gasteiger partial charge < -0.3 is 10.5 Å². The highest BCUT2D eigenvalue weighted by atomic mass is 35.5. The number of fused-ring (bicyclic) bond motifs is 1. The van der Waals surface area contributed by atoms with Gasteiger partial charge >= 0.3 is 0 Å². The molecule has 0 unspecified atom stereocenters. The van der Waals surface area contributed by atoms with Crippen LogP contribution in [0.15, 0.2) is 48.5 Å². The van der Waals surface area contributed by atoms with Gasteiger partial charge in [0, 0.05) is 24.1 Å². The molecule has 0 spiro atoms. The Kier molecular flexibility index (Phi) is 3.97. The first-order valence-electron chi connectivity index (χ1n) is 6.39. The van der Waals surface area contributed by atoms with Gasteiger partial charge in [0.05, 0.1) is 15.6 Å². The number of benzene rings is 2. The van der Waals surface area contributed by atoms with Gasteiger partial charge in [-0.15, -0.1) is 0 Å². The topological polar surface area (TPSA) is 48.1 Å². The molecule has 2 N–H and O–H groups in total. The SMILES string of the molecule is NCc1cc(Oc2ccc(Cl)c(Cl)c2)nc2ccccc12. The number of pyridine rings is 1. The standard InChI is InChI=1S/C16H12Cl2N2O/c17-13-6-5-11(8-14(13)18)21-16-7-10(9-19)12-3-1-2-4-15(12)20-16/h1-8H,9,19H2. The Labute approximate surface area is 132 Å². The van der Waals surface area contributed by atoms with E-state index in [0.29, 0.717) is 28.2 Å². The van der Waals surface area contributed by atoms with Crippen LogP contribution in [0, 0.1) is 0 Å². The molecule has 0 saturated heterocycles. The predicted molar refractivity (Wildman–Crippen MR) is 86.2 cm³/mol. The number of hydrogen-bond donors (Lipinski definition) is 1. The average Bonchev–Trinajstić information content (AvgIpc) is 2.50. The van der Waals surface area contributed by atoms with Crippen molar-refractivity contribution >= 4 is 34.1 Å². The summed E-state index contributed by atoms with van der Waals surface area (Å²) in [5, 5.41) is 1.95. The Morgan fingerprint density at radius 1 is 1.00 bits per heavy atom. The van der Waals surface area contributed by atoms with Crippen molar-refractivity contribution in [1.29, 1.82) is 0 Å². The maximum Gasteiger partial charge on any atom is 0.220 e. The van der Waals surface area contributed by atoms with Crippen molar-refractivity contribution in [3.05, 3.63) is 64.1 Å². The van der Waals surface area contributed by atoms with Crippen molar-refractivity contribution in [3.63, 3.8) is 0 Å². The van der Waals surface area contributed by atoms with E-state index in [4.69, 9.17) is 33.7 Å². The largest absolute Gasteiger partial charge is 0.439 e. The first kappa shape index (κ1) is 14.1. The summed E-state index contributed by atoms with van der Waals surface area (Å²) >= 11 is 11.9. The number of nitrogens with two attached hydrogens (primary N) is 1. The summed E-state index contributed by atoms with van der Waals surface area (Å²) < 4.78 is 5.76. The second kappa shape index (κ2) is 5.90. The van der Waals surface area contributed by atoms with E-state index in [1.807, 2.05) is 30.3 Å². The number of hydrogen-bond acceptors (Lipinski definition) is 3. The molecule has 0 radical (unpaired) electrons. The lowest BCUT2D eigenvalue weighted by atomic mass is 10.1. The van der Waals surface area contributed by atoms with E-state index in [-0.39, 0.29) is 0 Å². The van der Waals surface area contributed by atoms with Gasteiger partial charge in [0.25, 0.3) is 0 Å². The summed E-state index contributed by atoms with van der Waals surface area (Å²) in [7, 11) is 0. The van der Waals surface area contributed by atoms with Crippen LogP contribution in [-0.4, -0.2) is 4.98 Å². The molecular weight excluding hydrogens is 307 g/mol. The number of para-hydroxylation sites is 1. The molecule has 1 heterocycles. The highest BCUT2D eigenvalue weighted by Gasteiger charge is 2.07. The van der Waals surface area contributed by atoms with Gasteiger partial charge in [-0.25, -0.2) is 4.98 Å². The second-order valence-corrected chi connectivity index (χ2v) is 5.33. The average molecular weight is 319 g/mol. The lowest BCUT2D eigenvalue weighted by Crippen LogP contribution is -1.99. The van der Waals surface area contributed by atoms with Crippen molar-refractivity contribution in [2.24, 2.45) is 5.73 Å². The Morgan fingerprint density at radius 2 is 1.81 bits per heavy atom. The van der Waals surface area contributed by atoms with Gasteiger partial charge in [-0.3, -0.25) is 0 Å². The van der Waals surface area contributed by atoms with E-state index in [2.05, 4.69) is 4.98 Å². The predicted octanol–water partition coefficient (Wildman–Crippen LogP) is 4.79. The molecule has 21 heavy (non-hydrogen) atoms. The molecule has 0 fully saturated rings. The minimum absolute atomic E-state index is 0.417. The maximum atomic E-state index is 5.98. The molecule has 0 atom stereocenters. The van der Waals surface area contributed by atoms with Crippen molar-refractivity contribution in [2.45, 2.75) is 6.54 Å². The normalized spacial score (nSPS) is 10.8. The Morgan fingerprint density at radius 3 is 2.57 bits per heavy atom. The lowest BCUT2D eigenvalue weighted by molar-refractivity contribution is 0.464. The smallest absolute Gasteiger partial charge is 0.220 e. The summed E-state index contributed by atoms with van der Waals surface area (Å²) in [6.07, 6.45) is 0. The fraction of sp³-hybridized carbons (Fsp3) is 0.0625. The number of ether oxygens (including phenoxy) is 1. The fourth-order valence-corrected chi connectivity index (χ4v) is 2.39. The Balaban J connectivity index is 2.02. The van der Waals surface area contributed by atoms with Crippen molar-refractivity contribution in [3.8, 4) is 11.6 Å². The van der Waals surface area contributed by atoms with Gasteiger partial charge in [0.2, 0.25) is 5.88 Å². The molecule has 1 aromatic heterocycles. The monoisotopic (exact) mass is 318 g/mol. The number of aromatic nitrogens is 1. The maximum absolute atomic E-state index is 5.98. The quantitative estimate of drug-likeness (QED) is 0.755. The Hall–Kier alpha value is -1.81. The van der Waals surface area contributed by atoms with Gasteiger partial charge in [0.15, 0.2) is 0 Å². The van der Waals surface area contributed by atoms with Crippen LogP contribution in [0.2, 0.25) is 10.0 Å². The van der Waals surface area contributed by atoms with Gasteiger partial charge in [-0.2, -0.15) is 0 Å². The van der Waals surface area contributed by atoms with Gasteiger partial charge in [0.1, 0.15) is 5.75 Å². The van der Waals surface area contributed by atoms with E-state index in [9.17, 15) is 0 Å². The number of rotatable bonds is 3. The van der Waals surface area contributed by atoms with Crippen LogP contribution >= 0.6 is 23.2 Å². The van der Waals surface area contributed by atoms with Crippen LogP contribution < -0.4 is 10.5 Å². The molecule has 2 aromatic carbocycles. The molecular formula is C16H12Cl2N2O. The first-order chi connectivity index (χ1) is 10.2. The van der Waals surface area contributed by atoms with Crippen molar-refractivity contribution in [1.82, 2.24) is 4.98 Å². The van der Waals surface area contributed by atoms with Crippen LogP contribution in [0.4, 0.5) is 0 Å². The zero-order chi connectivity index (χ0) is 14.8. The molecule has 0 saturated carbocycles. The third-order valence-corrected chi connectivity index (χ3v) is 3.85. The molecule has 0 aliphatic rings. The summed E-state index contributed by atoms with van der Waals surface area (Å²) in [5.74, 6) is 1.06. The minimum Gasteiger partial charge on any atom is -0.439 e. The fourth-order valence-electron chi connectivity index (χ4n) is 2.10. The van der Waals surface area contributed by atoms with E-state index < -0.39 is 0 Å². The molecule has 3 rings (SSSR count). The summed E-state index contributed by atoms with van der Waals surface area (Å²) in [4.78, 5) is 4.48. The van der Waals surface area contributed by atoms with Gasteiger partial charge in [-0.1, -0.05) is 41.4 Å². The van der Waals surface area contributed by atoms with Crippen LogP contribution in [0.1, 0.15) is 5.56 Å². The van der Waals surface area contributed by atoms with Crippen molar-refractivity contribution in [2.75, 3.05) is 0 Å². The highest BCUT2D eigenvalue weighted by Crippen LogP contribution is 2.30. The van der Waals surface area contributed by atoms with Gasteiger partial charge in [-0.05, 0) is 23.8 Å². The molecule has 106 valence electrons. The zero-order valence-corrected chi connectivity index (χ0v) is 12.5. The molecule has 5 heteroatoms. The lowest BCUT2D eigenvalue weighted by Gasteiger charge is -2.10. The first-order valence-corrected chi connectivity index (χ1v) is 7.14. The molecule has 0 bridgehead atoms. The third kappa shape index (κ3) is 2.95. The number of halogens is 2. The molecule has 3 nitrogen and oxygen atoms in total. The zero-order valence-electron chi connectivity index (χ0n) is 11.0. The van der Waals surface area contributed by atoms with E-state index in [1.165, 1.54) is 0 Å². The summed E-state index contributed by atoms with van der Waals surface area (Å²) in [5.41, 5.74) is 7.63. The molecule has 3 aromatic rings. The second-order valence-electron chi connectivity index (χ2n) is 4.52. The molecule has 0 amide bonds. The van der Waals surface area contributed by atoms with Crippen LogP contribution in [0.25, 0.3) is 10.9 Å². The molecule has 0 aliphatic carbocycles. The van der Waals surface area contributed by atoms with E-state index >= 15 is 0 Å². The van der Waals surface area contributed by atoms with E-state index in [1.54, 1.807) is 18.2 Å². The Bertz CT molecular complexity index is 805. The van der Waals surface area contributed by atoms with E-state index in [0.717, 1.165) is 16.5 Å². The minimum atomic E-state index is 0.417. The van der Waals surface area contributed by atoms with Crippen LogP contribution in [0.5, 0.6) is 11.6 Å². The summed E-state index contributed by atoms with van der Waals surface area (Å²) in [6.45, 7) is 0.417. The van der Waals surface area contributed by atoms with Crippen LogP contribution in [0.3, 0.4) is 0 Å². The third-order valence-electron chi connectivity index (χ3n) is 3.11. The van der Waals surface area contributed by atoms with Crippen LogP contribution in [-0.2, 0) is 6.54 Å².